The molecule has 1 unspecified atom stereocenters. The van der Waals surface area contributed by atoms with Crippen LogP contribution in [0.15, 0.2) is 35.3 Å². The maximum atomic E-state index is 6.11. The second-order valence-electron chi connectivity index (χ2n) is 5.58. The summed E-state index contributed by atoms with van der Waals surface area (Å²) in [5, 5.41) is 0. The molecule has 0 fully saturated rings. The Hall–Kier alpha value is -1.51. The zero-order chi connectivity index (χ0) is 13.3. The van der Waals surface area contributed by atoms with E-state index in [1.807, 2.05) is 0 Å². The van der Waals surface area contributed by atoms with E-state index in [2.05, 4.69) is 67.9 Å². The molecule has 2 N–H and O–H groups in total. The standard InChI is InChI=1S/C15H23N3/c1-11(2)15(13-8-6-5-7-9-13)10-17-14(16)18(15)12(3)4/h5-9,11-12H,10H2,1-4H3,(H2,16,17). The number of rotatable bonds is 3. The van der Waals surface area contributed by atoms with Gasteiger partial charge in [0, 0.05) is 6.04 Å². The van der Waals surface area contributed by atoms with Gasteiger partial charge >= 0.3 is 0 Å². The van der Waals surface area contributed by atoms with E-state index in [1.165, 1.54) is 5.56 Å². The molecule has 0 spiro atoms. The second kappa shape index (κ2) is 4.63. The van der Waals surface area contributed by atoms with Gasteiger partial charge in [-0.2, -0.15) is 0 Å². The van der Waals surface area contributed by atoms with Crippen LogP contribution in [0.2, 0.25) is 0 Å². The molecule has 1 atom stereocenters. The minimum absolute atomic E-state index is 0.0977. The third kappa shape index (κ3) is 1.78. The van der Waals surface area contributed by atoms with Crippen molar-refractivity contribution in [1.29, 1.82) is 0 Å². The maximum absolute atomic E-state index is 6.11. The number of hydrogen-bond acceptors (Lipinski definition) is 3. The molecule has 0 saturated heterocycles. The number of nitrogens with zero attached hydrogens (tertiary/aromatic N) is 2. The van der Waals surface area contributed by atoms with E-state index < -0.39 is 0 Å². The molecule has 0 amide bonds. The highest BCUT2D eigenvalue weighted by atomic mass is 15.4. The molecule has 2 rings (SSSR count). The number of guanidine groups is 1. The van der Waals surface area contributed by atoms with Crippen molar-refractivity contribution in [2.24, 2.45) is 16.6 Å². The van der Waals surface area contributed by atoms with E-state index in [9.17, 15) is 0 Å². The average Bonchev–Trinajstić information content (AvgIpc) is 2.69. The van der Waals surface area contributed by atoms with Gasteiger partial charge in [-0.3, -0.25) is 4.99 Å². The van der Waals surface area contributed by atoms with Crippen LogP contribution in [0.5, 0.6) is 0 Å². The first-order valence-corrected chi connectivity index (χ1v) is 6.65. The van der Waals surface area contributed by atoms with E-state index in [0.717, 1.165) is 6.54 Å². The molecule has 0 bridgehead atoms. The van der Waals surface area contributed by atoms with Crippen LogP contribution < -0.4 is 5.73 Å². The second-order valence-corrected chi connectivity index (χ2v) is 5.58. The normalized spacial score (nSPS) is 23.9. The zero-order valence-corrected chi connectivity index (χ0v) is 11.7. The Morgan fingerprint density at radius 2 is 1.78 bits per heavy atom. The van der Waals surface area contributed by atoms with Crippen molar-refractivity contribution >= 4 is 5.96 Å². The fraction of sp³-hybridized carbons (Fsp3) is 0.533. The molecule has 1 aliphatic heterocycles. The first kappa shape index (κ1) is 12.9. The molecule has 0 aliphatic carbocycles. The van der Waals surface area contributed by atoms with Gasteiger partial charge in [-0.25, -0.2) is 0 Å². The SMILES string of the molecule is CC(C)N1C(N)=NCC1(c1ccccc1)C(C)C. The lowest BCUT2D eigenvalue weighted by Crippen LogP contribution is -2.55. The van der Waals surface area contributed by atoms with Gasteiger partial charge in [0.1, 0.15) is 0 Å². The highest BCUT2D eigenvalue weighted by Gasteiger charge is 2.47. The lowest BCUT2D eigenvalue weighted by Gasteiger charge is -2.45. The van der Waals surface area contributed by atoms with Crippen molar-refractivity contribution in [2.75, 3.05) is 6.54 Å². The van der Waals surface area contributed by atoms with Crippen LogP contribution in [0.25, 0.3) is 0 Å². The lowest BCUT2D eigenvalue weighted by molar-refractivity contribution is 0.109. The molecule has 1 heterocycles. The number of nitrogens with two attached hydrogens (primary N) is 1. The van der Waals surface area contributed by atoms with Crippen molar-refractivity contribution in [2.45, 2.75) is 39.3 Å². The van der Waals surface area contributed by atoms with E-state index in [0.29, 0.717) is 17.9 Å². The fourth-order valence-electron chi connectivity index (χ4n) is 3.03. The minimum atomic E-state index is -0.0977. The van der Waals surface area contributed by atoms with E-state index in [1.54, 1.807) is 0 Å². The van der Waals surface area contributed by atoms with Gasteiger partial charge in [-0.1, -0.05) is 44.2 Å². The summed E-state index contributed by atoms with van der Waals surface area (Å²) in [5.41, 5.74) is 7.31. The van der Waals surface area contributed by atoms with Crippen LogP contribution in [0.4, 0.5) is 0 Å². The van der Waals surface area contributed by atoms with E-state index in [4.69, 9.17) is 5.73 Å². The minimum Gasteiger partial charge on any atom is -0.370 e. The molecular weight excluding hydrogens is 222 g/mol. The summed E-state index contributed by atoms with van der Waals surface area (Å²) < 4.78 is 0. The molecule has 0 saturated carbocycles. The van der Waals surface area contributed by atoms with Crippen molar-refractivity contribution in [3.8, 4) is 0 Å². The van der Waals surface area contributed by atoms with E-state index in [-0.39, 0.29) is 5.54 Å². The summed E-state index contributed by atoms with van der Waals surface area (Å²) >= 11 is 0. The van der Waals surface area contributed by atoms with Gasteiger partial charge in [-0.15, -0.1) is 0 Å². The van der Waals surface area contributed by atoms with Crippen LogP contribution in [0.3, 0.4) is 0 Å². The molecule has 0 radical (unpaired) electrons. The smallest absolute Gasteiger partial charge is 0.192 e. The number of benzene rings is 1. The predicted molar refractivity (Wildman–Crippen MR) is 76.4 cm³/mol. The number of hydrogen-bond donors (Lipinski definition) is 1. The molecule has 1 aromatic carbocycles. The average molecular weight is 245 g/mol. The summed E-state index contributed by atoms with van der Waals surface area (Å²) in [6, 6.07) is 10.9. The largest absolute Gasteiger partial charge is 0.370 e. The van der Waals surface area contributed by atoms with Crippen LogP contribution in [0, 0.1) is 5.92 Å². The summed E-state index contributed by atoms with van der Waals surface area (Å²) in [6.45, 7) is 9.59. The van der Waals surface area contributed by atoms with Crippen LogP contribution in [-0.4, -0.2) is 23.4 Å². The van der Waals surface area contributed by atoms with Crippen molar-refractivity contribution in [1.82, 2.24) is 4.90 Å². The molecule has 18 heavy (non-hydrogen) atoms. The van der Waals surface area contributed by atoms with E-state index >= 15 is 0 Å². The van der Waals surface area contributed by atoms with Gasteiger partial charge in [0.05, 0.1) is 12.1 Å². The van der Waals surface area contributed by atoms with Crippen molar-refractivity contribution in [3.05, 3.63) is 35.9 Å². The summed E-state index contributed by atoms with van der Waals surface area (Å²) in [7, 11) is 0. The third-order valence-corrected chi connectivity index (χ3v) is 3.90. The Labute approximate surface area is 110 Å². The summed E-state index contributed by atoms with van der Waals surface area (Å²) in [6.07, 6.45) is 0. The summed E-state index contributed by atoms with van der Waals surface area (Å²) in [4.78, 5) is 6.78. The molecule has 1 aliphatic rings. The third-order valence-electron chi connectivity index (χ3n) is 3.90. The van der Waals surface area contributed by atoms with Crippen LogP contribution in [0.1, 0.15) is 33.3 Å². The van der Waals surface area contributed by atoms with Gasteiger partial charge in [0.2, 0.25) is 0 Å². The molecule has 0 aromatic heterocycles. The van der Waals surface area contributed by atoms with Crippen molar-refractivity contribution in [3.63, 3.8) is 0 Å². The highest BCUT2D eigenvalue weighted by molar-refractivity contribution is 5.81. The topological polar surface area (TPSA) is 41.6 Å². The summed E-state index contributed by atoms with van der Waals surface area (Å²) in [5.74, 6) is 1.12. The Morgan fingerprint density at radius 1 is 1.17 bits per heavy atom. The Bertz CT molecular complexity index is 436. The Kier molecular flexibility index (Phi) is 3.33. The van der Waals surface area contributed by atoms with Gasteiger partial charge < -0.3 is 10.6 Å². The first-order chi connectivity index (χ1) is 8.50. The Morgan fingerprint density at radius 3 is 2.28 bits per heavy atom. The zero-order valence-electron chi connectivity index (χ0n) is 11.7. The van der Waals surface area contributed by atoms with Gasteiger partial charge in [0.15, 0.2) is 5.96 Å². The highest BCUT2D eigenvalue weighted by Crippen LogP contribution is 2.40. The molecule has 3 nitrogen and oxygen atoms in total. The quantitative estimate of drug-likeness (QED) is 0.889. The first-order valence-electron chi connectivity index (χ1n) is 6.65. The number of aliphatic imine (C=N–C) groups is 1. The van der Waals surface area contributed by atoms with Gasteiger partial charge in [-0.05, 0) is 25.3 Å². The van der Waals surface area contributed by atoms with Crippen LogP contribution >= 0.6 is 0 Å². The molecule has 98 valence electrons. The molecule has 3 heteroatoms. The molecular formula is C15H23N3. The molecule has 1 aromatic rings. The van der Waals surface area contributed by atoms with Gasteiger partial charge in [0.25, 0.3) is 0 Å². The van der Waals surface area contributed by atoms with Crippen LogP contribution in [-0.2, 0) is 5.54 Å². The maximum Gasteiger partial charge on any atom is 0.192 e. The Balaban J connectivity index is 2.53. The predicted octanol–water partition coefficient (Wildman–Crippen LogP) is 2.58. The monoisotopic (exact) mass is 245 g/mol. The lowest BCUT2D eigenvalue weighted by atomic mass is 9.78. The van der Waals surface area contributed by atoms with Crippen molar-refractivity contribution < 1.29 is 0 Å². The fourth-order valence-corrected chi connectivity index (χ4v) is 3.03.